The van der Waals surface area contributed by atoms with Crippen molar-refractivity contribution in [1.82, 2.24) is 14.7 Å². The minimum atomic E-state index is -0.0789. The first kappa shape index (κ1) is 14.3. The van der Waals surface area contributed by atoms with Gasteiger partial charge in [-0.15, -0.1) is 0 Å². The predicted octanol–water partition coefficient (Wildman–Crippen LogP) is 2.92. The maximum atomic E-state index is 12.4. The van der Waals surface area contributed by atoms with Gasteiger partial charge in [0.1, 0.15) is 11.3 Å². The standard InChI is InChI=1S/C18H19N3O/c1-13-9-11-21-16(12-13)20-14(2)17(21)18(22)19-10-8-15-6-4-3-5-7-15/h3-7,9,11-12H,8,10H2,1-2H3,(H,19,22). The van der Waals surface area contributed by atoms with Crippen molar-refractivity contribution in [2.45, 2.75) is 20.3 Å². The van der Waals surface area contributed by atoms with E-state index in [0.29, 0.717) is 12.2 Å². The second kappa shape index (κ2) is 6.02. The fourth-order valence-corrected chi connectivity index (χ4v) is 2.59. The van der Waals surface area contributed by atoms with Gasteiger partial charge >= 0.3 is 0 Å². The van der Waals surface area contributed by atoms with Gasteiger partial charge in [0.15, 0.2) is 0 Å². The number of pyridine rings is 1. The molecule has 112 valence electrons. The van der Waals surface area contributed by atoms with E-state index in [0.717, 1.165) is 23.3 Å². The van der Waals surface area contributed by atoms with Crippen LogP contribution in [0.15, 0.2) is 48.7 Å². The van der Waals surface area contributed by atoms with E-state index >= 15 is 0 Å². The molecule has 0 atom stereocenters. The molecule has 0 spiro atoms. The molecule has 1 N–H and O–H groups in total. The molecule has 0 aliphatic rings. The minimum absolute atomic E-state index is 0.0789. The molecule has 2 heterocycles. The smallest absolute Gasteiger partial charge is 0.270 e. The van der Waals surface area contributed by atoms with Crippen molar-refractivity contribution in [3.8, 4) is 0 Å². The number of aromatic nitrogens is 2. The molecule has 0 radical (unpaired) electrons. The highest BCUT2D eigenvalue weighted by Gasteiger charge is 2.15. The summed E-state index contributed by atoms with van der Waals surface area (Å²) in [6.07, 6.45) is 2.72. The Labute approximate surface area is 129 Å². The van der Waals surface area contributed by atoms with Crippen LogP contribution in [0.2, 0.25) is 0 Å². The Morgan fingerprint density at radius 1 is 1.18 bits per heavy atom. The summed E-state index contributed by atoms with van der Waals surface area (Å²) < 4.78 is 1.85. The largest absolute Gasteiger partial charge is 0.350 e. The van der Waals surface area contributed by atoms with Crippen LogP contribution in [0.1, 0.15) is 27.3 Å². The number of nitrogens with zero attached hydrogens (tertiary/aromatic N) is 2. The van der Waals surface area contributed by atoms with Crippen molar-refractivity contribution in [2.75, 3.05) is 6.54 Å². The van der Waals surface area contributed by atoms with E-state index in [1.807, 2.05) is 54.8 Å². The maximum Gasteiger partial charge on any atom is 0.270 e. The predicted molar refractivity (Wildman–Crippen MR) is 87.1 cm³/mol. The van der Waals surface area contributed by atoms with Crippen molar-refractivity contribution in [1.29, 1.82) is 0 Å². The fraction of sp³-hybridized carbons (Fsp3) is 0.222. The van der Waals surface area contributed by atoms with Gasteiger partial charge in [0.05, 0.1) is 5.69 Å². The average Bonchev–Trinajstić information content (AvgIpc) is 2.83. The lowest BCUT2D eigenvalue weighted by molar-refractivity contribution is 0.0947. The Hall–Kier alpha value is -2.62. The van der Waals surface area contributed by atoms with Gasteiger partial charge in [0.2, 0.25) is 0 Å². The lowest BCUT2D eigenvalue weighted by Crippen LogP contribution is -2.27. The molecule has 0 saturated heterocycles. The Morgan fingerprint density at radius 3 is 2.73 bits per heavy atom. The SMILES string of the molecule is Cc1ccn2c(C(=O)NCCc3ccccc3)c(C)nc2c1. The van der Waals surface area contributed by atoms with Gasteiger partial charge < -0.3 is 5.32 Å². The number of rotatable bonds is 4. The third kappa shape index (κ3) is 2.86. The molecule has 4 nitrogen and oxygen atoms in total. The summed E-state index contributed by atoms with van der Waals surface area (Å²) in [5.41, 5.74) is 4.53. The number of amides is 1. The molecule has 1 aromatic carbocycles. The van der Waals surface area contributed by atoms with Crippen LogP contribution in [0.5, 0.6) is 0 Å². The molecular formula is C18H19N3O. The first-order valence-corrected chi connectivity index (χ1v) is 7.42. The van der Waals surface area contributed by atoms with Crippen molar-refractivity contribution in [2.24, 2.45) is 0 Å². The monoisotopic (exact) mass is 293 g/mol. The first-order chi connectivity index (χ1) is 10.6. The normalized spacial score (nSPS) is 10.8. The van der Waals surface area contributed by atoms with Crippen molar-refractivity contribution in [3.05, 3.63) is 71.2 Å². The third-order valence-corrected chi connectivity index (χ3v) is 3.71. The van der Waals surface area contributed by atoms with Crippen LogP contribution in [0, 0.1) is 13.8 Å². The van der Waals surface area contributed by atoms with Gasteiger partial charge in [0, 0.05) is 12.7 Å². The fourth-order valence-electron chi connectivity index (χ4n) is 2.59. The summed E-state index contributed by atoms with van der Waals surface area (Å²) in [6.45, 7) is 4.50. The molecule has 0 unspecified atom stereocenters. The summed E-state index contributed by atoms with van der Waals surface area (Å²) in [4.78, 5) is 16.9. The van der Waals surface area contributed by atoms with Crippen molar-refractivity contribution < 1.29 is 4.79 Å². The van der Waals surface area contributed by atoms with E-state index in [4.69, 9.17) is 0 Å². The highest BCUT2D eigenvalue weighted by atomic mass is 16.1. The van der Waals surface area contributed by atoms with Crippen LogP contribution < -0.4 is 5.32 Å². The third-order valence-electron chi connectivity index (χ3n) is 3.71. The minimum Gasteiger partial charge on any atom is -0.350 e. The van der Waals surface area contributed by atoms with E-state index in [1.54, 1.807) is 0 Å². The number of hydrogen-bond acceptors (Lipinski definition) is 2. The van der Waals surface area contributed by atoms with Crippen LogP contribution in [0.3, 0.4) is 0 Å². The van der Waals surface area contributed by atoms with Crippen LogP contribution in [-0.2, 0) is 6.42 Å². The second-order valence-electron chi connectivity index (χ2n) is 5.47. The van der Waals surface area contributed by atoms with Crippen LogP contribution in [-0.4, -0.2) is 21.8 Å². The molecule has 22 heavy (non-hydrogen) atoms. The lowest BCUT2D eigenvalue weighted by Gasteiger charge is -2.06. The molecule has 3 rings (SSSR count). The van der Waals surface area contributed by atoms with E-state index in [9.17, 15) is 4.79 Å². The molecule has 0 bridgehead atoms. The van der Waals surface area contributed by atoms with Gasteiger partial charge in [0.25, 0.3) is 5.91 Å². The van der Waals surface area contributed by atoms with Gasteiger partial charge in [-0.05, 0) is 43.5 Å². The number of imidazole rings is 1. The molecule has 0 aliphatic heterocycles. The Balaban J connectivity index is 1.74. The van der Waals surface area contributed by atoms with Crippen molar-refractivity contribution >= 4 is 11.6 Å². The zero-order valence-corrected chi connectivity index (χ0v) is 12.8. The van der Waals surface area contributed by atoms with E-state index in [1.165, 1.54) is 5.56 Å². The molecule has 1 amide bonds. The highest BCUT2D eigenvalue weighted by Crippen LogP contribution is 2.13. The Bertz CT molecular complexity index is 806. The van der Waals surface area contributed by atoms with Crippen LogP contribution in [0.4, 0.5) is 0 Å². The number of benzene rings is 1. The van der Waals surface area contributed by atoms with E-state index in [2.05, 4.69) is 22.4 Å². The molecular weight excluding hydrogens is 274 g/mol. The average molecular weight is 293 g/mol. The first-order valence-electron chi connectivity index (χ1n) is 7.42. The number of carbonyl (C=O) groups is 1. The second-order valence-corrected chi connectivity index (χ2v) is 5.47. The summed E-state index contributed by atoms with van der Waals surface area (Å²) in [5.74, 6) is -0.0789. The van der Waals surface area contributed by atoms with Crippen LogP contribution in [0.25, 0.3) is 5.65 Å². The number of nitrogens with one attached hydrogen (secondary N) is 1. The Morgan fingerprint density at radius 2 is 1.95 bits per heavy atom. The maximum absolute atomic E-state index is 12.4. The van der Waals surface area contributed by atoms with Gasteiger partial charge in [-0.1, -0.05) is 30.3 Å². The number of fused-ring (bicyclic) bond motifs is 1. The zero-order chi connectivity index (χ0) is 15.5. The summed E-state index contributed by atoms with van der Waals surface area (Å²) >= 11 is 0. The number of hydrogen-bond donors (Lipinski definition) is 1. The number of aryl methyl sites for hydroxylation is 2. The number of carbonyl (C=O) groups excluding carboxylic acids is 1. The highest BCUT2D eigenvalue weighted by molar-refractivity contribution is 5.94. The van der Waals surface area contributed by atoms with Gasteiger partial charge in [-0.2, -0.15) is 0 Å². The van der Waals surface area contributed by atoms with Gasteiger partial charge in [-0.25, -0.2) is 4.98 Å². The van der Waals surface area contributed by atoms with E-state index in [-0.39, 0.29) is 5.91 Å². The topological polar surface area (TPSA) is 46.4 Å². The lowest BCUT2D eigenvalue weighted by atomic mass is 10.1. The summed E-state index contributed by atoms with van der Waals surface area (Å²) in [6, 6.07) is 14.1. The molecule has 2 aromatic heterocycles. The van der Waals surface area contributed by atoms with E-state index < -0.39 is 0 Å². The van der Waals surface area contributed by atoms with Crippen molar-refractivity contribution in [3.63, 3.8) is 0 Å². The molecule has 4 heteroatoms. The van der Waals surface area contributed by atoms with Crippen LogP contribution >= 0.6 is 0 Å². The molecule has 3 aromatic rings. The molecule has 0 aliphatic carbocycles. The molecule has 0 saturated carbocycles. The molecule has 0 fully saturated rings. The zero-order valence-electron chi connectivity index (χ0n) is 12.8. The summed E-state index contributed by atoms with van der Waals surface area (Å²) in [7, 11) is 0. The van der Waals surface area contributed by atoms with Gasteiger partial charge in [-0.3, -0.25) is 9.20 Å². The quantitative estimate of drug-likeness (QED) is 0.804. The Kier molecular flexibility index (Phi) is 3.92. The summed E-state index contributed by atoms with van der Waals surface area (Å²) in [5, 5.41) is 2.98.